The number of H-pyrrole nitrogens is 2. The van der Waals surface area contributed by atoms with Gasteiger partial charge in [-0.1, -0.05) is 0 Å². The molecule has 9 heavy (non-hydrogen) atoms. The Morgan fingerprint density at radius 1 is 1.78 bits per heavy atom. The van der Waals surface area contributed by atoms with Crippen LogP contribution < -0.4 is 16.4 Å². The van der Waals surface area contributed by atoms with Crippen LogP contribution in [0.3, 0.4) is 0 Å². The van der Waals surface area contributed by atoms with Gasteiger partial charge in [0, 0.05) is 11.6 Å². The van der Waals surface area contributed by atoms with Crippen molar-refractivity contribution in [3.8, 4) is 0 Å². The summed E-state index contributed by atoms with van der Waals surface area (Å²) >= 11 is 0. The van der Waals surface area contributed by atoms with E-state index < -0.39 is 0 Å². The second-order valence-electron chi connectivity index (χ2n) is 1.86. The molecule has 48 valence electrons. The van der Waals surface area contributed by atoms with Crippen LogP contribution in [0.4, 0.5) is 5.82 Å². The van der Waals surface area contributed by atoms with Gasteiger partial charge in [0.1, 0.15) is 0 Å². The fraction of sp³-hybridized carbons (Fsp3) is 0.200. The first-order chi connectivity index (χ1) is 4.20. The van der Waals surface area contributed by atoms with Crippen molar-refractivity contribution in [2.45, 2.75) is 6.92 Å². The van der Waals surface area contributed by atoms with Gasteiger partial charge in [0.15, 0.2) is 0 Å². The van der Waals surface area contributed by atoms with Crippen LogP contribution in [0.25, 0.3) is 0 Å². The molecule has 0 bridgehead atoms. The monoisotopic (exact) mass is 126 g/mol. The van der Waals surface area contributed by atoms with Crippen LogP contribution in [0.1, 0.15) is 5.56 Å². The predicted molar refractivity (Wildman–Crippen MR) is 32.8 cm³/mol. The zero-order valence-electron chi connectivity index (χ0n) is 5.06. The number of aromatic nitrogens is 2. The van der Waals surface area contributed by atoms with Crippen molar-refractivity contribution in [3.05, 3.63) is 22.0 Å². The number of hydrogen-bond acceptors (Lipinski definition) is 2. The number of nitrogens with one attached hydrogen (secondary N) is 2. The van der Waals surface area contributed by atoms with Gasteiger partial charge in [-0.25, -0.2) is 0 Å². The van der Waals surface area contributed by atoms with Gasteiger partial charge in [-0.15, -0.1) is 0 Å². The van der Waals surface area contributed by atoms with Crippen LogP contribution in [0.5, 0.6) is 0 Å². The van der Waals surface area contributed by atoms with Crippen LogP contribution in [0, 0.1) is 6.92 Å². The Hall–Kier alpha value is -1.32. The molecule has 4 heteroatoms. The maximum Gasteiger partial charge on any atom is 0.291 e. The lowest BCUT2D eigenvalue weighted by atomic mass is 10.3. The van der Waals surface area contributed by atoms with Crippen molar-refractivity contribution >= 4 is 5.82 Å². The van der Waals surface area contributed by atoms with Gasteiger partial charge in [-0.2, -0.15) is 10.2 Å². The predicted octanol–water partition coefficient (Wildman–Crippen LogP) is -0.920. The molecule has 0 aliphatic heterocycles. The average molecular weight is 126 g/mol. The number of aromatic amines is 2. The Labute approximate surface area is 51.7 Å². The van der Waals surface area contributed by atoms with Crippen molar-refractivity contribution in [3.63, 3.8) is 0 Å². The van der Waals surface area contributed by atoms with Gasteiger partial charge >= 0.3 is 0 Å². The van der Waals surface area contributed by atoms with Crippen LogP contribution >= 0.6 is 0 Å². The SMILES string of the molecule is Cc1cc(=O)[nH][nH+]c1N. The lowest BCUT2D eigenvalue weighted by Crippen LogP contribution is -2.24. The minimum atomic E-state index is -0.165. The van der Waals surface area contributed by atoms with E-state index in [9.17, 15) is 4.79 Å². The molecule has 0 fully saturated rings. The Kier molecular flexibility index (Phi) is 1.22. The molecule has 0 aliphatic rings. The van der Waals surface area contributed by atoms with Gasteiger partial charge < -0.3 is 0 Å². The number of hydrogen-bond donors (Lipinski definition) is 2. The normalized spacial score (nSPS) is 9.44. The molecule has 0 aliphatic carbocycles. The van der Waals surface area contributed by atoms with Gasteiger partial charge in [0.2, 0.25) is 0 Å². The number of aryl methyl sites for hydroxylation is 1. The third-order valence-electron chi connectivity index (χ3n) is 1.09. The Balaban J connectivity index is 3.34. The molecule has 0 radical (unpaired) electrons. The zero-order valence-corrected chi connectivity index (χ0v) is 5.06. The maximum atomic E-state index is 10.5. The summed E-state index contributed by atoms with van der Waals surface area (Å²) in [6.45, 7) is 1.76. The number of rotatable bonds is 0. The molecule has 0 saturated heterocycles. The summed E-state index contributed by atoms with van der Waals surface area (Å²) in [5.41, 5.74) is 5.96. The van der Waals surface area contributed by atoms with E-state index in [1.165, 1.54) is 6.07 Å². The third-order valence-corrected chi connectivity index (χ3v) is 1.09. The minimum Gasteiger partial charge on any atom is -0.285 e. The molecular weight excluding hydrogens is 118 g/mol. The van der Waals surface area contributed by atoms with E-state index in [1.54, 1.807) is 6.92 Å². The molecule has 1 rings (SSSR count). The second-order valence-corrected chi connectivity index (χ2v) is 1.86. The molecule has 0 atom stereocenters. The van der Waals surface area contributed by atoms with E-state index in [0.717, 1.165) is 5.56 Å². The molecule has 0 saturated carbocycles. The lowest BCUT2D eigenvalue weighted by Gasteiger charge is -1.86. The molecule has 0 amide bonds. The van der Waals surface area contributed by atoms with E-state index in [2.05, 4.69) is 10.2 Å². The molecule has 4 N–H and O–H groups in total. The van der Waals surface area contributed by atoms with Crippen LogP contribution in [0.15, 0.2) is 10.9 Å². The van der Waals surface area contributed by atoms with E-state index in [1.807, 2.05) is 0 Å². The molecular formula is C5H8N3O+. The largest absolute Gasteiger partial charge is 0.291 e. The van der Waals surface area contributed by atoms with E-state index >= 15 is 0 Å². The van der Waals surface area contributed by atoms with Crippen LogP contribution in [-0.4, -0.2) is 5.10 Å². The Morgan fingerprint density at radius 3 is 2.89 bits per heavy atom. The number of nitrogen functional groups attached to an aromatic ring is 1. The van der Waals surface area contributed by atoms with Crippen molar-refractivity contribution in [1.29, 1.82) is 0 Å². The highest BCUT2D eigenvalue weighted by Gasteiger charge is 1.97. The highest BCUT2D eigenvalue weighted by Crippen LogP contribution is 1.93. The lowest BCUT2D eigenvalue weighted by molar-refractivity contribution is -0.441. The van der Waals surface area contributed by atoms with Crippen molar-refractivity contribution in [1.82, 2.24) is 5.10 Å². The summed E-state index contributed by atoms with van der Waals surface area (Å²) in [6.07, 6.45) is 0. The van der Waals surface area contributed by atoms with Gasteiger partial charge in [-0.3, -0.25) is 10.5 Å². The fourth-order valence-corrected chi connectivity index (χ4v) is 0.538. The van der Waals surface area contributed by atoms with Gasteiger partial charge in [0.05, 0.1) is 0 Å². The molecule has 0 spiro atoms. The summed E-state index contributed by atoms with van der Waals surface area (Å²) in [5.74, 6) is 0.495. The first-order valence-corrected chi connectivity index (χ1v) is 2.57. The first kappa shape index (κ1) is 5.81. The summed E-state index contributed by atoms with van der Waals surface area (Å²) in [6, 6.07) is 1.44. The molecule has 1 aromatic rings. The summed E-state index contributed by atoms with van der Waals surface area (Å²) in [5, 5.41) is 4.84. The topological polar surface area (TPSA) is 73.0 Å². The van der Waals surface area contributed by atoms with Crippen molar-refractivity contribution in [2.24, 2.45) is 0 Å². The minimum absolute atomic E-state index is 0.165. The number of nitrogens with two attached hydrogens (primary N) is 1. The van der Waals surface area contributed by atoms with Gasteiger partial charge in [-0.05, 0) is 6.92 Å². The Bertz CT molecular complexity index is 265. The summed E-state index contributed by atoms with van der Waals surface area (Å²) in [4.78, 5) is 10.5. The van der Waals surface area contributed by atoms with E-state index in [-0.39, 0.29) is 5.56 Å². The van der Waals surface area contributed by atoms with Crippen LogP contribution in [-0.2, 0) is 0 Å². The van der Waals surface area contributed by atoms with Crippen molar-refractivity contribution < 1.29 is 5.10 Å². The third kappa shape index (κ3) is 1.07. The molecule has 4 nitrogen and oxygen atoms in total. The number of anilines is 1. The average Bonchev–Trinajstić information content (AvgIpc) is 1.80. The Morgan fingerprint density at radius 2 is 2.44 bits per heavy atom. The maximum absolute atomic E-state index is 10.5. The van der Waals surface area contributed by atoms with Crippen molar-refractivity contribution in [2.75, 3.05) is 5.73 Å². The molecule has 0 aromatic carbocycles. The second kappa shape index (κ2) is 1.89. The highest BCUT2D eigenvalue weighted by molar-refractivity contribution is 5.29. The summed E-state index contributed by atoms with van der Waals surface area (Å²) < 4.78 is 0. The summed E-state index contributed by atoms with van der Waals surface area (Å²) in [7, 11) is 0. The van der Waals surface area contributed by atoms with E-state index in [4.69, 9.17) is 5.73 Å². The zero-order chi connectivity index (χ0) is 6.85. The first-order valence-electron chi connectivity index (χ1n) is 2.57. The standard InChI is InChI=1S/C5H7N3O/c1-3-2-4(9)7-8-5(3)6/h2H,1H3,(H2,6,8)(H,7,9)/p+1. The molecule has 1 heterocycles. The highest BCUT2D eigenvalue weighted by atomic mass is 16.1. The van der Waals surface area contributed by atoms with Gasteiger partial charge in [0.25, 0.3) is 11.4 Å². The quantitative estimate of drug-likeness (QED) is 0.471. The fourth-order valence-electron chi connectivity index (χ4n) is 0.538. The molecule has 0 unspecified atom stereocenters. The van der Waals surface area contributed by atoms with E-state index in [0.29, 0.717) is 5.82 Å². The smallest absolute Gasteiger partial charge is 0.285 e. The molecule has 1 aromatic heterocycles. The van der Waals surface area contributed by atoms with Crippen LogP contribution in [0.2, 0.25) is 0 Å².